The molecule has 9 nitrogen and oxygen atoms in total. The molecule has 3 N–H and O–H groups in total. The Balaban J connectivity index is 1.44. The fourth-order valence-electron chi connectivity index (χ4n) is 5.21. The molecule has 2 aliphatic heterocycles. The lowest BCUT2D eigenvalue weighted by Gasteiger charge is -2.29. The number of aromatic nitrogens is 1. The summed E-state index contributed by atoms with van der Waals surface area (Å²) in [6, 6.07) is 10.6. The first-order valence-corrected chi connectivity index (χ1v) is 13.2. The number of benzene rings is 1. The lowest BCUT2D eigenvalue weighted by molar-refractivity contribution is -0.134. The van der Waals surface area contributed by atoms with Crippen LogP contribution in [-0.4, -0.2) is 51.5 Å². The van der Waals surface area contributed by atoms with E-state index in [0.29, 0.717) is 5.84 Å². The van der Waals surface area contributed by atoms with Gasteiger partial charge in [0.15, 0.2) is 11.3 Å². The minimum Gasteiger partial charge on any atom is -0.391 e. The highest BCUT2D eigenvalue weighted by Crippen LogP contribution is 2.36. The van der Waals surface area contributed by atoms with Crippen LogP contribution in [0.5, 0.6) is 0 Å². The number of H-pyrrole nitrogens is 1. The van der Waals surface area contributed by atoms with Gasteiger partial charge in [-0.3, -0.25) is 14.4 Å². The Morgan fingerprint density at radius 1 is 1.24 bits per heavy atom. The lowest BCUT2D eigenvalue weighted by atomic mass is 9.91. The fraction of sp³-hybridized carbons (Fsp3) is 0.407. The van der Waals surface area contributed by atoms with E-state index in [9.17, 15) is 19.5 Å². The molecule has 0 aliphatic carbocycles. The number of thiophene rings is 1. The van der Waals surface area contributed by atoms with Gasteiger partial charge >= 0.3 is 0 Å². The number of aliphatic hydroxyl groups is 1. The average molecular weight is 523 g/mol. The van der Waals surface area contributed by atoms with Crippen molar-refractivity contribution in [2.45, 2.75) is 57.7 Å². The number of amides is 2. The number of carbonyl (C=O) groups is 2. The molecule has 1 fully saturated rings. The van der Waals surface area contributed by atoms with Crippen molar-refractivity contribution in [2.24, 2.45) is 10.9 Å². The first-order chi connectivity index (χ1) is 17.6. The lowest BCUT2D eigenvalue weighted by Crippen LogP contribution is -2.48. The Kier molecular flexibility index (Phi) is 6.41. The molecular weight excluding hydrogens is 492 g/mol. The number of hydrogen-bond donors (Lipinski definition) is 3. The van der Waals surface area contributed by atoms with Crippen molar-refractivity contribution in [3.63, 3.8) is 0 Å². The zero-order valence-corrected chi connectivity index (χ0v) is 22.0. The molecule has 0 bridgehead atoms. The summed E-state index contributed by atoms with van der Waals surface area (Å²) in [6.07, 6.45) is -0.515. The second-order valence-corrected chi connectivity index (χ2v) is 11.2. The largest absolute Gasteiger partial charge is 0.391 e. The number of aliphatic hydroxyl groups excluding tert-OH is 1. The smallest absolute Gasteiger partial charge is 0.280 e. The van der Waals surface area contributed by atoms with Crippen LogP contribution >= 0.6 is 11.3 Å². The molecule has 4 atom stereocenters. The molecule has 2 aliphatic rings. The Morgan fingerprint density at radius 2 is 1.97 bits per heavy atom. The fourth-order valence-corrected chi connectivity index (χ4v) is 6.14. The summed E-state index contributed by atoms with van der Waals surface area (Å²) in [4.78, 5) is 46.0. The van der Waals surface area contributed by atoms with Gasteiger partial charge in [-0.25, -0.2) is 4.99 Å². The molecule has 0 unspecified atom stereocenters. The Hall–Kier alpha value is -3.50. The number of hydrogen-bond acceptors (Lipinski definition) is 7. The van der Waals surface area contributed by atoms with Gasteiger partial charge in [0.05, 0.1) is 12.1 Å². The standard InChI is InChI=1S/C27H30N4O5S/c1-14(2)22(20-12-21(33)30-36-20)25(34)31-13-18(32)11-19(31)24-28-26(35)27(4,29-24)17-7-5-16(6-8-17)23-15(3)9-10-37-23/h5-10,12,14,18-19,22,32H,11,13H2,1-4H3,(H,30,33)(H,28,29,35)/t18-,19+,22-,27+/m1/s1. The maximum absolute atomic E-state index is 13.7. The number of aryl methyl sites for hydroxylation is 1. The molecule has 1 aromatic carbocycles. The number of aromatic amines is 1. The number of carbonyl (C=O) groups excluding carboxylic acids is 2. The third-order valence-electron chi connectivity index (χ3n) is 7.26. The van der Waals surface area contributed by atoms with Crippen LogP contribution in [0, 0.1) is 12.8 Å². The van der Waals surface area contributed by atoms with Crippen LogP contribution in [0.4, 0.5) is 0 Å². The minimum absolute atomic E-state index is 0.0990. The number of nitrogens with zero attached hydrogens (tertiary/aromatic N) is 2. The minimum atomic E-state index is -1.16. The molecule has 10 heteroatoms. The zero-order valence-electron chi connectivity index (χ0n) is 21.1. The molecule has 194 valence electrons. The Morgan fingerprint density at radius 3 is 2.57 bits per heavy atom. The van der Waals surface area contributed by atoms with Crippen molar-refractivity contribution >= 4 is 29.0 Å². The van der Waals surface area contributed by atoms with Crippen LogP contribution in [-0.2, 0) is 15.1 Å². The number of amidine groups is 1. The summed E-state index contributed by atoms with van der Waals surface area (Å²) < 4.78 is 5.26. The highest BCUT2D eigenvalue weighted by atomic mass is 32.1. The van der Waals surface area contributed by atoms with Crippen LogP contribution in [0.25, 0.3) is 10.4 Å². The van der Waals surface area contributed by atoms with E-state index in [4.69, 9.17) is 9.52 Å². The van der Waals surface area contributed by atoms with E-state index in [-0.39, 0.29) is 36.5 Å². The van der Waals surface area contributed by atoms with Crippen LogP contribution < -0.4 is 10.9 Å². The molecule has 2 aromatic heterocycles. The van der Waals surface area contributed by atoms with E-state index in [1.807, 2.05) is 38.1 Å². The van der Waals surface area contributed by atoms with Crippen molar-refractivity contribution in [3.05, 3.63) is 69.0 Å². The summed E-state index contributed by atoms with van der Waals surface area (Å²) in [5.41, 5.74) is 1.43. The molecule has 0 radical (unpaired) electrons. The molecule has 3 aromatic rings. The van der Waals surface area contributed by atoms with Crippen molar-refractivity contribution < 1.29 is 19.2 Å². The molecule has 37 heavy (non-hydrogen) atoms. The number of rotatable bonds is 6. The normalized spacial score (nSPS) is 24.4. The number of aliphatic imine (C=N–C) groups is 1. The van der Waals surface area contributed by atoms with Gasteiger partial charge in [0.1, 0.15) is 11.8 Å². The molecule has 0 spiro atoms. The summed E-state index contributed by atoms with van der Waals surface area (Å²) in [6.45, 7) is 7.65. The Bertz CT molecular complexity index is 1420. The van der Waals surface area contributed by atoms with Crippen molar-refractivity contribution in [1.82, 2.24) is 15.4 Å². The maximum atomic E-state index is 13.7. The van der Waals surface area contributed by atoms with E-state index < -0.39 is 29.2 Å². The van der Waals surface area contributed by atoms with E-state index >= 15 is 0 Å². The molecule has 5 rings (SSSR count). The van der Waals surface area contributed by atoms with Crippen LogP contribution in [0.1, 0.15) is 50.0 Å². The predicted molar refractivity (Wildman–Crippen MR) is 140 cm³/mol. The van der Waals surface area contributed by atoms with Crippen LogP contribution in [0.15, 0.2) is 56.1 Å². The second-order valence-electron chi connectivity index (χ2n) is 10.3. The van der Waals surface area contributed by atoms with Crippen LogP contribution in [0.2, 0.25) is 0 Å². The molecule has 0 saturated carbocycles. The molecule has 2 amide bonds. The van der Waals surface area contributed by atoms with Gasteiger partial charge in [0.2, 0.25) is 5.91 Å². The van der Waals surface area contributed by atoms with Gasteiger partial charge in [0, 0.05) is 23.9 Å². The third kappa shape index (κ3) is 4.44. The number of likely N-dealkylation sites (tertiary alicyclic amines) is 1. The van der Waals surface area contributed by atoms with Gasteiger partial charge in [-0.15, -0.1) is 11.3 Å². The molecule has 1 saturated heterocycles. The number of nitrogens with one attached hydrogen (secondary N) is 2. The van der Waals surface area contributed by atoms with E-state index in [1.54, 1.807) is 18.3 Å². The first kappa shape index (κ1) is 25.2. The SMILES string of the molecule is Cc1ccsc1-c1ccc([C@]2(C)N=C([C@@H]3C[C@@H](O)CN3C(=O)[C@@H](c3cc(=O)[nH]o3)C(C)C)NC2=O)cc1. The zero-order chi connectivity index (χ0) is 26.5. The van der Waals surface area contributed by atoms with Gasteiger partial charge in [-0.1, -0.05) is 38.1 Å². The average Bonchev–Trinajstić information content (AvgIpc) is 3.62. The third-order valence-corrected chi connectivity index (χ3v) is 8.32. The quantitative estimate of drug-likeness (QED) is 0.458. The first-order valence-electron chi connectivity index (χ1n) is 12.3. The van der Waals surface area contributed by atoms with Crippen molar-refractivity contribution in [1.29, 1.82) is 0 Å². The van der Waals surface area contributed by atoms with Gasteiger partial charge in [-0.2, -0.15) is 5.16 Å². The summed E-state index contributed by atoms with van der Waals surface area (Å²) in [5, 5.41) is 17.7. The van der Waals surface area contributed by atoms with Gasteiger partial charge < -0.3 is 19.8 Å². The summed E-state index contributed by atoms with van der Waals surface area (Å²) in [5.74, 6) is -0.860. The molecular formula is C27H30N4O5S. The van der Waals surface area contributed by atoms with Crippen LogP contribution in [0.3, 0.4) is 0 Å². The highest BCUT2D eigenvalue weighted by Gasteiger charge is 2.48. The highest BCUT2D eigenvalue weighted by molar-refractivity contribution is 7.13. The Labute approximate surface area is 218 Å². The monoisotopic (exact) mass is 522 g/mol. The van der Waals surface area contributed by atoms with Gasteiger partial charge in [-0.05, 0) is 47.9 Å². The van der Waals surface area contributed by atoms with E-state index in [1.165, 1.54) is 21.4 Å². The van der Waals surface area contributed by atoms with Crippen molar-refractivity contribution in [2.75, 3.05) is 6.54 Å². The summed E-state index contributed by atoms with van der Waals surface area (Å²) >= 11 is 1.67. The maximum Gasteiger partial charge on any atom is 0.280 e. The number of β-amino-alcohol motifs (C(OH)–C–C–N with tert-alkyl or cyclic N) is 1. The molecule has 4 heterocycles. The topological polar surface area (TPSA) is 128 Å². The summed E-state index contributed by atoms with van der Waals surface area (Å²) in [7, 11) is 0. The predicted octanol–water partition coefficient (Wildman–Crippen LogP) is 3.15. The van der Waals surface area contributed by atoms with Gasteiger partial charge in [0.25, 0.3) is 11.5 Å². The van der Waals surface area contributed by atoms with E-state index in [2.05, 4.69) is 28.8 Å². The van der Waals surface area contributed by atoms with Crippen molar-refractivity contribution in [3.8, 4) is 10.4 Å². The van der Waals surface area contributed by atoms with E-state index in [0.717, 1.165) is 11.1 Å². The second kappa shape index (κ2) is 9.42.